The zero-order valence-electron chi connectivity index (χ0n) is 13.5. The Morgan fingerprint density at radius 1 is 1.35 bits per heavy atom. The second-order valence-corrected chi connectivity index (χ2v) is 7.89. The van der Waals surface area contributed by atoms with Gasteiger partial charge in [-0.3, -0.25) is 4.79 Å². The Bertz CT molecular complexity index is 677. The summed E-state index contributed by atoms with van der Waals surface area (Å²) in [5.74, 6) is 1.07. The van der Waals surface area contributed by atoms with Crippen molar-refractivity contribution in [2.24, 2.45) is 11.8 Å². The van der Waals surface area contributed by atoms with Gasteiger partial charge >= 0.3 is 0 Å². The molecule has 0 bridgehead atoms. The van der Waals surface area contributed by atoms with Crippen molar-refractivity contribution in [3.63, 3.8) is 0 Å². The molecule has 1 amide bonds. The number of nitrogens with one attached hydrogen (secondary N) is 1. The van der Waals surface area contributed by atoms with Crippen molar-refractivity contribution in [3.8, 4) is 0 Å². The monoisotopic (exact) mass is 350 g/mol. The van der Waals surface area contributed by atoms with Crippen LogP contribution in [-0.4, -0.2) is 10.9 Å². The van der Waals surface area contributed by atoms with Gasteiger partial charge in [-0.1, -0.05) is 55.2 Å². The summed E-state index contributed by atoms with van der Waals surface area (Å²) >= 11 is 7.63. The number of unbranched alkanes of at least 4 members (excludes halogenated alkanes) is 1. The third-order valence-corrected chi connectivity index (χ3v) is 6.02. The molecule has 1 aromatic carbocycles. The van der Waals surface area contributed by atoms with E-state index in [-0.39, 0.29) is 11.8 Å². The first-order valence-corrected chi connectivity index (χ1v) is 9.72. The molecule has 3 rings (SSSR count). The summed E-state index contributed by atoms with van der Waals surface area (Å²) in [7, 11) is 0. The molecule has 1 fully saturated rings. The minimum Gasteiger partial charge on any atom is -0.302 e. The van der Waals surface area contributed by atoms with Crippen molar-refractivity contribution in [3.05, 3.63) is 23.2 Å². The number of rotatable bonds is 5. The molecular weight excluding hydrogens is 328 g/mol. The van der Waals surface area contributed by atoms with Crippen LogP contribution < -0.4 is 5.32 Å². The van der Waals surface area contributed by atoms with Gasteiger partial charge in [-0.05, 0) is 43.7 Å². The van der Waals surface area contributed by atoms with Crippen LogP contribution in [0.5, 0.6) is 0 Å². The number of nitrogens with zero attached hydrogens (tertiary/aromatic N) is 1. The number of aromatic nitrogens is 1. The van der Waals surface area contributed by atoms with Crippen LogP contribution in [0, 0.1) is 11.8 Å². The molecule has 0 aliphatic heterocycles. The number of para-hydroxylation sites is 1. The van der Waals surface area contributed by atoms with Gasteiger partial charge in [0.1, 0.15) is 5.52 Å². The number of anilines is 1. The van der Waals surface area contributed by atoms with E-state index in [4.69, 9.17) is 11.6 Å². The quantitative estimate of drug-likeness (QED) is 0.731. The van der Waals surface area contributed by atoms with Crippen LogP contribution in [0.3, 0.4) is 0 Å². The predicted octanol–water partition coefficient (Wildman–Crippen LogP) is 5.88. The molecule has 0 atom stereocenters. The first kappa shape index (κ1) is 16.7. The zero-order chi connectivity index (χ0) is 16.2. The number of benzene rings is 1. The largest absolute Gasteiger partial charge is 0.302 e. The Morgan fingerprint density at radius 3 is 2.83 bits per heavy atom. The van der Waals surface area contributed by atoms with Gasteiger partial charge in [0.25, 0.3) is 0 Å². The van der Waals surface area contributed by atoms with E-state index in [1.54, 1.807) is 0 Å². The lowest BCUT2D eigenvalue weighted by Crippen LogP contribution is -2.27. The Balaban J connectivity index is 1.57. The molecule has 1 aromatic heterocycles. The fourth-order valence-electron chi connectivity index (χ4n) is 3.38. The molecule has 0 spiro atoms. The standard InChI is InChI=1S/C18H23ClN2OS/c1-2-3-5-12-8-10-13(11-9-12)17(22)21-18-20-16-14(19)6-4-7-15(16)23-18/h4,6-7,12-13H,2-3,5,8-11H2,1H3,(H,20,21,22). The minimum atomic E-state index is 0.120. The molecule has 0 radical (unpaired) electrons. The minimum absolute atomic E-state index is 0.120. The number of carbonyl (C=O) groups is 1. The van der Waals surface area contributed by atoms with Gasteiger partial charge in [-0.15, -0.1) is 0 Å². The second-order valence-electron chi connectivity index (χ2n) is 6.45. The normalized spacial score (nSPS) is 21.5. The van der Waals surface area contributed by atoms with Crippen molar-refractivity contribution in [2.75, 3.05) is 5.32 Å². The molecule has 5 heteroatoms. The molecule has 1 heterocycles. The first-order valence-electron chi connectivity index (χ1n) is 8.53. The summed E-state index contributed by atoms with van der Waals surface area (Å²) < 4.78 is 1.01. The van der Waals surface area contributed by atoms with Gasteiger partial charge in [-0.2, -0.15) is 0 Å². The maximum Gasteiger partial charge on any atom is 0.229 e. The van der Waals surface area contributed by atoms with Crippen LogP contribution in [0.1, 0.15) is 51.9 Å². The van der Waals surface area contributed by atoms with E-state index < -0.39 is 0 Å². The summed E-state index contributed by atoms with van der Waals surface area (Å²) in [6.45, 7) is 2.24. The molecule has 1 aliphatic carbocycles. The zero-order valence-corrected chi connectivity index (χ0v) is 15.1. The second kappa shape index (κ2) is 7.63. The van der Waals surface area contributed by atoms with Crippen LogP contribution in [0.15, 0.2) is 18.2 Å². The summed E-state index contributed by atoms with van der Waals surface area (Å²) in [5, 5.41) is 4.29. The van der Waals surface area contributed by atoms with E-state index in [9.17, 15) is 4.79 Å². The van der Waals surface area contributed by atoms with Gasteiger partial charge < -0.3 is 5.32 Å². The summed E-state index contributed by atoms with van der Waals surface area (Å²) in [6, 6.07) is 5.71. The molecule has 1 N–H and O–H groups in total. The number of hydrogen-bond donors (Lipinski definition) is 1. The van der Waals surface area contributed by atoms with E-state index in [2.05, 4.69) is 17.2 Å². The topological polar surface area (TPSA) is 42.0 Å². The lowest BCUT2D eigenvalue weighted by atomic mass is 9.79. The Hall–Kier alpha value is -1.13. The highest BCUT2D eigenvalue weighted by molar-refractivity contribution is 7.22. The van der Waals surface area contributed by atoms with Crippen molar-refractivity contribution in [1.29, 1.82) is 0 Å². The van der Waals surface area contributed by atoms with Gasteiger partial charge in [0, 0.05) is 5.92 Å². The van der Waals surface area contributed by atoms with Crippen LogP contribution in [0.2, 0.25) is 5.02 Å². The highest BCUT2D eigenvalue weighted by Crippen LogP contribution is 2.34. The number of carbonyl (C=O) groups excluding carboxylic acids is 1. The number of fused-ring (bicyclic) bond motifs is 1. The highest BCUT2D eigenvalue weighted by atomic mass is 35.5. The number of thiazole rings is 1. The Labute approximate surface area is 146 Å². The average Bonchev–Trinajstić information content (AvgIpc) is 2.97. The van der Waals surface area contributed by atoms with Crippen LogP contribution in [0.25, 0.3) is 10.2 Å². The Morgan fingerprint density at radius 2 is 2.13 bits per heavy atom. The van der Waals surface area contributed by atoms with Crippen molar-refractivity contribution < 1.29 is 4.79 Å². The van der Waals surface area contributed by atoms with Crippen molar-refractivity contribution in [2.45, 2.75) is 51.9 Å². The number of halogens is 1. The molecule has 1 saturated carbocycles. The number of hydrogen-bond acceptors (Lipinski definition) is 3. The fraction of sp³-hybridized carbons (Fsp3) is 0.556. The lowest BCUT2D eigenvalue weighted by molar-refractivity contribution is -0.121. The third kappa shape index (κ3) is 4.04. The molecule has 23 heavy (non-hydrogen) atoms. The van der Waals surface area contributed by atoms with E-state index >= 15 is 0 Å². The summed E-state index contributed by atoms with van der Waals surface area (Å²) in [4.78, 5) is 16.9. The van der Waals surface area contributed by atoms with E-state index in [0.29, 0.717) is 10.2 Å². The Kier molecular flexibility index (Phi) is 5.54. The molecule has 2 aromatic rings. The molecule has 0 saturated heterocycles. The predicted molar refractivity (Wildman–Crippen MR) is 98.2 cm³/mol. The van der Waals surface area contributed by atoms with Gasteiger partial charge in [0.2, 0.25) is 5.91 Å². The third-order valence-electron chi connectivity index (χ3n) is 4.78. The molecule has 1 aliphatic rings. The summed E-state index contributed by atoms with van der Waals surface area (Å²) in [5.41, 5.74) is 0.776. The van der Waals surface area contributed by atoms with Crippen molar-refractivity contribution >= 4 is 44.2 Å². The molecule has 0 unspecified atom stereocenters. The molecular formula is C18H23ClN2OS. The maximum atomic E-state index is 12.5. The SMILES string of the molecule is CCCCC1CCC(C(=O)Nc2nc3c(Cl)cccc3s2)CC1. The number of amides is 1. The fourth-order valence-corrected chi connectivity index (χ4v) is 4.55. The van der Waals surface area contributed by atoms with Gasteiger partial charge in [0.05, 0.1) is 9.72 Å². The van der Waals surface area contributed by atoms with Crippen molar-refractivity contribution in [1.82, 2.24) is 4.98 Å². The average molecular weight is 351 g/mol. The lowest BCUT2D eigenvalue weighted by Gasteiger charge is -2.27. The van der Waals surface area contributed by atoms with E-state index in [1.165, 1.54) is 43.4 Å². The molecule has 124 valence electrons. The van der Waals surface area contributed by atoms with Crippen LogP contribution >= 0.6 is 22.9 Å². The molecule has 3 nitrogen and oxygen atoms in total. The summed E-state index contributed by atoms with van der Waals surface area (Å²) in [6.07, 6.45) is 8.28. The van der Waals surface area contributed by atoms with Crippen LogP contribution in [-0.2, 0) is 4.79 Å². The van der Waals surface area contributed by atoms with Crippen LogP contribution in [0.4, 0.5) is 5.13 Å². The van der Waals surface area contributed by atoms with Gasteiger partial charge in [0.15, 0.2) is 5.13 Å². The highest BCUT2D eigenvalue weighted by Gasteiger charge is 2.26. The van der Waals surface area contributed by atoms with E-state index in [1.807, 2.05) is 18.2 Å². The van der Waals surface area contributed by atoms with E-state index in [0.717, 1.165) is 29.0 Å². The first-order chi connectivity index (χ1) is 11.2. The maximum absolute atomic E-state index is 12.5. The van der Waals surface area contributed by atoms with Gasteiger partial charge in [-0.25, -0.2) is 4.98 Å². The smallest absolute Gasteiger partial charge is 0.229 e.